The molecule has 0 bridgehead atoms. The van der Waals surface area contributed by atoms with E-state index in [0.29, 0.717) is 33.8 Å². The van der Waals surface area contributed by atoms with Crippen molar-refractivity contribution in [3.05, 3.63) is 48.5 Å². The van der Waals surface area contributed by atoms with E-state index in [1.807, 2.05) is 0 Å². The molecule has 2 N–H and O–H groups in total. The number of H-pyrrole nitrogens is 1. The van der Waals surface area contributed by atoms with Crippen LogP contribution < -0.4 is 4.74 Å². The van der Waals surface area contributed by atoms with Crippen LogP contribution in [-0.2, 0) is 0 Å². The molecule has 3 aromatic heterocycles. The quantitative estimate of drug-likeness (QED) is 0.602. The summed E-state index contributed by atoms with van der Waals surface area (Å²) in [7, 11) is 0. The smallest absolute Gasteiger partial charge is 0.337 e. The number of carboxylic acids is 1. The van der Waals surface area contributed by atoms with E-state index in [0.717, 1.165) is 0 Å². The summed E-state index contributed by atoms with van der Waals surface area (Å²) >= 11 is 0. The van der Waals surface area contributed by atoms with Crippen LogP contribution in [0.1, 0.15) is 10.4 Å². The van der Waals surface area contributed by atoms with Crippen molar-refractivity contribution >= 4 is 28.1 Å². The third-order valence-corrected chi connectivity index (χ3v) is 3.26. The molecule has 0 spiro atoms. The second-order valence-electron chi connectivity index (χ2n) is 4.64. The number of ether oxygens (including phenoxy) is 1. The summed E-state index contributed by atoms with van der Waals surface area (Å²) in [6.45, 7) is 0. The van der Waals surface area contributed by atoms with Gasteiger partial charge in [-0.2, -0.15) is 0 Å². The highest BCUT2D eigenvalue weighted by Crippen LogP contribution is 2.28. The topological polar surface area (TPSA) is 101 Å². The van der Waals surface area contributed by atoms with E-state index in [2.05, 4.69) is 15.0 Å². The van der Waals surface area contributed by atoms with Crippen molar-refractivity contribution in [2.24, 2.45) is 0 Å². The number of oxazole rings is 1. The van der Waals surface area contributed by atoms with Crippen LogP contribution in [0.3, 0.4) is 0 Å². The first-order chi connectivity index (χ1) is 10.7. The van der Waals surface area contributed by atoms with E-state index in [9.17, 15) is 4.79 Å². The highest BCUT2D eigenvalue weighted by atomic mass is 16.5. The summed E-state index contributed by atoms with van der Waals surface area (Å²) in [5.41, 5.74) is 2.44. The predicted molar refractivity (Wildman–Crippen MR) is 77.1 cm³/mol. The van der Waals surface area contributed by atoms with Gasteiger partial charge in [0.25, 0.3) is 0 Å². The number of aromatic nitrogens is 3. The number of aromatic carboxylic acids is 1. The number of aromatic amines is 1. The van der Waals surface area contributed by atoms with E-state index in [1.165, 1.54) is 18.7 Å². The van der Waals surface area contributed by atoms with Crippen molar-refractivity contribution in [3.63, 3.8) is 0 Å². The number of hydrogen-bond donors (Lipinski definition) is 2. The summed E-state index contributed by atoms with van der Waals surface area (Å²) < 4.78 is 10.9. The number of benzene rings is 1. The Bertz CT molecular complexity index is 1000. The average molecular weight is 295 g/mol. The Kier molecular flexibility index (Phi) is 2.59. The van der Waals surface area contributed by atoms with Crippen molar-refractivity contribution < 1.29 is 19.1 Å². The van der Waals surface area contributed by atoms with Crippen molar-refractivity contribution in [3.8, 4) is 11.6 Å². The second kappa shape index (κ2) is 4.59. The first kappa shape index (κ1) is 12.4. The average Bonchev–Trinajstić information content (AvgIpc) is 3.11. The number of carboxylic acid groups (broad SMARTS) is 1. The van der Waals surface area contributed by atoms with Crippen molar-refractivity contribution in [1.29, 1.82) is 0 Å². The molecule has 0 aliphatic carbocycles. The third-order valence-electron chi connectivity index (χ3n) is 3.26. The van der Waals surface area contributed by atoms with Crippen LogP contribution in [0.5, 0.6) is 11.6 Å². The summed E-state index contributed by atoms with van der Waals surface area (Å²) in [6.07, 6.45) is 2.81. The van der Waals surface area contributed by atoms with Gasteiger partial charge in [-0.25, -0.2) is 9.78 Å². The standard InChI is InChI=1S/C15H9N3O4/c19-15(20)9-3-4-16-11-6-13(18-14(9)11)22-8-1-2-12-10(5-8)17-7-21-12/h1-7,18H,(H,19,20). The number of rotatable bonds is 3. The molecule has 0 unspecified atom stereocenters. The molecule has 4 aromatic rings. The van der Waals surface area contributed by atoms with E-state index in [1.54, 1.807) is 24.3 Å². The zero-order valence-corrected chi connectivity index (χ0v) is 11.1. The maximum absolute atomic E-state index is 11.2. The maximum Gasteiger partial charge on any atom is 0.337 e. The van der Waals surface area contributed by atoms with Gasteiger partial charge in [-0.15, -0.1) is 0 Å². The third kappa shape index (κ3) is 1.96. The molecular formula is C15H9N3O4. The van der Waals surface area contributed by atoms with Crippen LogP contribution in [-0.4, -0.2) is 26.0 Å². The molecule has 4 rings (SSSR count). The van der Waals surface area contributed by atoms with Crippen LogP contribution in [0.25, 0.3) is 22.1 Å². The van der Waals surface area contributed by atoms with Gasteiger partial charge < -0.3 is 19.2 Å². The SMILES string of the molecule is O=C(O)c1ccnc2cc(Oc3ccc4ocnc4c3)[nH]c12. The Morgan fingerprint density at radius 3 is 2.95 bits per heavy atom. The molecule has 22 heavy (non-hydrogen) atoms. The lowest BCUT2D eigenvalue weighted by atomic mass is 10.2. The highest BCUT2D eigenvalue weighted by Gasteiger charge is 2.13. The zero-order chi connectivity index (χ0) is 15.1. The lowest BCUT2D eigenvalue weighted by Crippen LogP contribution is -1.97. The van der Waals surface area contributed by atoms with Gasteiger partial charge in [-0.05, 0) is 18.2 Å². The fraction of sp³-hybridized carbons (Fsp3) is 0. The molecule has 1 aromatic carbocycles. The molecular weight excluding hydrogens is 286 g/mol. The summed E-state index contributed by atoms with van der Waals surface area (Å²) in [4.78, 5) is 22.3. The normalized spacial score (nSPS) is 11.1. The van der Waals surface area contributed by atoms with Crippen LogP contribution in [0.4, 0.5) is 0 Å². The van der Waals surface area contributed by atoms with E-state index in [-0.39, 0.29) is 5.56 Å². The molecule has 0 amide bonds. The second-order valence-corrected chi connectivity index (χ2v) is 4.64. The van der Waals surface area contributed by atoms with Crippen LogP contribution in [0, 0.1) is 0 Å². The van der Waals surface area contributed by atoms with Gasteiger partial charge >= 0.3 is 5.97 Å². The Morgan fingerprint density at radius 1 is 1.18 bits per heavy atom. The number of hydrogen-bond acceptors (Lipinski definition) is 5. The molecule has 3 heterocycles. The minimum Gasteiger partial charge on any atom is -0.478 e. The van der Waals surface area contributed by atoms with Crippen molar-refractivity contribution in [2.45, 2.75) is 0 Å². The van der Waals surface area contributed by atoms with Gasteiger partial charge in [0.15, 0.2) is 17.9 Å². The lowest BCUT2D eigenvalue weighted by molar-refractivity contribution is 0.0699. The van der Waals surface area contributed by atoms with E-state index >= 15 is 0 Å². The first-order valence-corrected chi connectivity index (χ1v) is 6.43. The fourth-order valence-corrected chi connectivity index (χ4v) is 2.26. The number of carbonyl (C=O) groups is 1. The lowest BCUT2D eigenvalue weighted by Gasteiger charge is -2.01. The van der Waals surface area contributed by atoms with E-state index < -0.39 is 5.97 Å². The Morgan fingerprint density at radius 2 is 2.09 bits per heavy atom. The largest absolute Gasteiger partial charge is 0.478 e. The van der Waals surface area contributed by atoms with Crippen molar-refractivity contribution in [2.75, 3.05) is 0 Å². The molecule has 0 aliphatic rings. The van der Waals surface area contributed by atoms with E-state index in [4.69, 9.17) is 14.3 Å². The number of fused-ring (bicyclic) bond motifs is 2. The van der Waals surface area contributed by atoms with Crippen LogP contribution in [0.15, 0.2) is 47.3 Å². The zero-order valence-electron chi connectivity index (χ0n) is 11.1. The van der Waals surface area contributed by atoms with Gasteiger partial charge in [0.1, 0.15) is 11.3 Å². The molecule has 0 saturated carbocycles. The van der Waals surface area contributed by atoms with Gasteiger partial charge in [0.05, 0.1) is 16.6 Å². The molecule has 0 radical (unpaired) electrons. The fourth-order valence-electron chi connectivity index (χ4n) is 2.26. The summed E-state index contributed by atoms with van der Waals surface area (Å²) in [6, 6.07) is 8.31. The molecule has 7 nitrogen and oxygen atoms in total. The van der Waals surface area contributed by atoms with Gasteiger partial charge in [-0.1, -0.05) is 0 Å². The maximum atomic E-state index is 11.2. The molecule has 0 atom stereocenters. The van der Waals surface area contributed by atoms with Crippen LogP contribution in [0.2, 0.25) is 0 Å². The van der Waals surface area contributed by atoms with Crippen molar-refractivity contribution in [1.82, 2.24) is 15.0 Å². The number of nitrogens with zero attached hydrogens (tertiary/aromatic N) is 2. The molecule has 0 fully saturated rings. The molecule has 0 aliphatic heterocycles. The minimum atomic E-state index is -1.02. The molecule has 7 heteroatoms. The first-order valence-electron chi connectivity index (χ1n) is 6.43. The highest BCUT2D eigenvalue weighted by molar-refractivity contribution is 6.01. The monoisotopic (exact) mass is 295 g/mol. The summed E-state index contributed by atoms with van der Waals surface area (Å²) in [5.74, 6) is -0.0614. The van der Waals surface area contributed by atoms with Crippen LogP contribution >= 0.6 is 0 Å². The molecule has 0 saturated heterocycles. The Hall–Kier alpha value is -3.35. The van der Waals surface area contributed by atoms with Gasteiger partial charge in [0, 0.05) is 18.3 Å². The Balaban J connectivity index is 1.74. The summed E-state index contributed by atoms with van der Waals surface area (Å²) in [5, 5.41) is 9.17. The van der Waals surface area contributed by atoms with Gasteiger partial charge in [0.2, 0.25) is 0 Å². The molecule has 108 valence electrons. The number of nitrogens with one attached hydrogen (secondary N) is 1. The Labute approximate surface area is 123 Å². The minimum absolute atomic E-state index is 0.145. The predicted octanol–water partition coefficient (Wildman–Crippen LogP) is 3.19. The van der Waals surface area contributed by atoms with Gasteiger partial charge in [-0.3, -0.25) is 4.98 Å². The number of pyridine rings is 1.